The minimum Gasteiger partial charge on any atom is -0.382 e. The van der Waals surface area contributed by atoms with Gasteiger partial charge in [0.25, 0.3) is 0 Å². The van der Waals surface area contributed by atoms with Gasteiger partial charge in [0.05, 0.1) is 19.3 Å². The van der Waals surface area contributed by atoms with E-state index >= 15 is 0 Å². The summed E-state index contributed by atoms with van der Waals surface area (Å²) in [5.41, 5.74) is 0.988. The Hall–Kier alpha value is -0.900. The molecule has 0 radical (unpaired) electrons. The molecule has 0 amide bonds. The summed E-state index contributed by atoms with van der Waals surface area (Å²) in [5, 5.41) is 12.0. The van der Waals surface area contributed by atoms with E-state index in [-0.39, 0.29) is 6.10 Å². The Morgan fingerprint density at radius 2 is 1.94 bits per heavy atom. The monoisotopic (exact) mass is 238 g/mol. The fourth-order valence-corrected chi connectivity index (χ4v) is 1.63. The number of aliphatic hydroxyl groups excluding tert-OH is 1. The number of rotatable bonds is 8. The smallest absolute Gasteiger partial charge is 0.128 e. The van der Waals surface area contributed by atoms with Gasteiger partial charge in [-0.1, -0.05) is 30.3 Å². The van der Waals surface area contributed by atoms with Gasteiger partial charge in [-0.25, -0.2) is 0 Å². The van der Waals surface area contributed by atoms with Crippen LogP contribution in [0.15, 0.2) is 30.3 Å². The molecule has 1 aromatic rings. The van der Waals surface area contributed by atoms with Crippen LogP contribution >= 0.6 is 0 Å². The third kappa shape index (κ3) is 6.41. The molecule has 3 heteroatoms. The highest BCUT2D eigenvalue weighted by molar-refractivity contribution is 5.16. The number of ether oxygens (including phenoxy) is 1. The van der Waals surface area contributed by atoms with Crippen molar-refractivity contribution in [3.63, 3.8) is 0 Å². The van der Waals surface area contributed by atoms with E-state index in [0.717, 1.165) is 25.1 Å². The predicted molar refractivity (Wildman–Crippen MR) is 68.8 cm³/mol. The molecule has 3 N–H and O–H groups in total. The van der Waals surface area contributed by atoms with Crippen molar-refractivity contribution in [1.82, 2.24) is 0 Å². The summed E-state index contributed by atoms with van der Waals surface area (Å²) in [7, 11) is 0. The molecule has 0 aliphatic rings. The van der Waals surface area contributed by atoms with E-state index in [2.05, 4.69) is 5.32 Å². The van der Waals surface area contributed by atoms with Gasteiger partial charge < -0.3 is 15.2 Å². The topological polar surface area (TPSA) is 46.1 Å². The van der Waals surface area contributed by atoms with E-state index in [9.17, 15) is 5.11 Å². The fourth-order valence-electron chi connectivity index (χ4n) is 1.63. The van der Waals surface area contributed by atoms with Gasteiger partial charge in [0.2, 0.25) is 0 Å². The van der Waals surface area contributed by atoms with Gasteiger partial charge in [-0.15, -0.1) is 0 Å². The van der Waals surface area contributed by atoms with Gasteiger partial charge in [0.1, 0.15) is 12.6 Å². The van der Waals surface area contributed by atoms with Crippen molar-refractivity contribution in [3.8, 4) is 0 Å². The van der Waals surface area contributed by atoms with E-state index in [4.69, 9.17) is 4.74 Å². The van der Waals surface area contributed by atoms with Crippen molar-refractivity contribution < 1.29 is 15.2 Å². The van der Waals surface area contributed by atoms with E-state index in [1.165, 1.54) is 0 Å². The summed E-state index contributed by atoms with van der Waals surface area (Å²) < 4.78 is 5.45. The maximum atomic E-state index is 9.90. The number of hydrogen-bond acceptors (Lipinski definition) is 2. The van der Waals surface area contributed by atoms with E-state index in [1.807, 2.05) is 44.2 Å². The molecule has 17 heavy (non-hydrogen) atoms. The van der Waals surface area contributed by atoms with Crippen LogP contribution in [0.1, 0.15) is 31.9 Å². The molecule has 1 atom stereocenters. The first-order valence-electron chi connectivity index (χ1n) is 6.36. The Morgan fingerprint density at radius 3 is 2.59 bits per heavy atom. The Kier molecular flexibility index (Phi) is 6.86. The predicted octanol–water partition coefficient (Wildman–Crippen LogP) is 1.10. The SMILES string of the molecule is CC(C)OCCC[NH2+]C[C@H](O)c1ccccc1. The highest BCUT2D eigenvalue weighted by Crippen LogP contribution is 2.08. The fraction of sp³-hybridized carbons (Fsp3) is 0.571. The average Bonchev–Trinajstić information content (AvgIpc) is 2.34. The highest BCUT2D eigenvalue weighted by Gasteiger charge is 2.07. The second-order valence-electron chi connectivity index (χ2n) is 4.51. The molecule has 0 aromatic heterocycles. The number of quaternary nitrogens is 1. The molecular weight excluding hydrogens is 214 g/mol. The summed E-state index contributed by atoms with van der Waals surface area (Å²) in [6.45, 7) is 6.60. The summed E-state index contributed by atoms with van der Waals surface area (Å²) in [6, 6.07) is 9.79. The van der Waals surface area contributed by atoms with Gasteiger partial charge in [0, 0.05) is 6.42 Å². The molecule has 0 aliphatic heterocycles. The molecule has 0 saturated carbocycles. The van der Waals surface area contributed by atoms with Crippen LogP contribution in [0.25, 0.3) is 0 Å². The maximum absolute atomic E-state index is 9.90. The Balaban J connectivity index is 2.07. The molecule has 0 saturated heterocycles. The molecule has 96 valence electrons. The lowest BCUT2D eigenvalue weighted by Crippen LogP contribution is -2.85. The molecule has 0 heterocycles. The van der Waals surface area contributed by atoms with Crippen LogP contribution in [0.3, 0.4) is 0 Å². The average molecular weight is 238 g/mol. The Morgan fingerprint density at radius 1 is 1.24 bits per heavy atom. The van der Waals surface area contributed by atoms with Crippen LogP contribution in [-0.2, 0) is 4.74 Å². The number of hydrogen-bond donors (Lipinski definition) is 2. The van der Waals surface area contributed by atoms with E-state index < -0.39 is 0 Å². The molecule has 3 nitrogen and oxygen atoms in total. The normalized spacial score (nSPS) is 12.9. The Bertz CT molecular complexity index is 288. The molecule has 0 bridgehead atoms. The van der Waals surface area contributed by atoms with Crippen LogP contribution in [-0.4, -0.2) is 30.9 Å². The summed E-state index contributed by atoms with van der Waals surface area (Å²) in [6.07, 6.45) is 0.965. The first-order chi connectivity index (χ1) is 8.20. The zero-order valence-electron chi connectivity index (χ0n) is 10.8. The highest BCUT2D eigenvalue weighted by atomic mass is 16.5. The molecule has 0 fully saturated rings. The quantitative estimate of drug-likeness (QED) is 0.666. The number of aliphatic hydroxyl groups is 1. The first kappa shape index (κ1) is 14.2. The molecule has 1 rings (SSSR count). The van der Waals surface area contributed by atoms with Gasteiger partial charge in [-0.05, 0) is 19.4 Å². The van der Waals surface area contributed by atoms with E-state index in [0.29, 0.717) is 12.6 Å². The molecule has 0 spiro atoms. The second kappa shape index (κ2) is 8.23. The molecule has 0 unspecified atom stereocenters. The van der Waals surface area contributed by atoms with Gasteiger partial charge >= 0.3 is 0 Å². The van der Waals surface area contributed by atoms with Crippen LogP contribution < -0.4 is 5.32 Å². The standard InChI is InChI=1S/C14H23NO2/c1-12(2)17-10-6-9-15-11-14(16)13-7-4-3-5-8-13/h3-5,7-8,12,14-16H,6,9-11H2,1-2H3/p+1/t14-/m0/s1. The lowest BCUT2D eigenvalue weighted by atomic mass is 10.1. The summed E-state index contributed by atoms with van der Waals surface area (Å²) in [4.78, 5) is 0. The summed E-state index contributed by atoms with van der Waals surface area (Å²) >= 11 is 0. The third-order valence-corrected chi connectivity index (χ3v) is 2.58. The zero-order valence-corrected chi connectivity index (χ0v) is 10.8. The maximum Gasteiger partial charge on any atom is 0.128 e. The minimum absolute atomic E-state index is 0.310. The van der Waals surface area contributed by atoms with Crippen LogP contribution in [0.5, 0.6) is 0 Å². The van der Waals surface area contributed by atoms with E-state index in [1.54, 1.807) is 0 Å². The molecular formula is C14H24NO2+. The lowest BCUT2D eigenvalue weighted by Gasteiger charge is -2.10. The van der Waals surface area contributed by atoms with Gasteiger partial charge in [-0.3, -0.25) is 0 Å². The number of benzene rings is 1. The minimum atomic E-state index is -0.373. The van der Waals surface area contributed by atoms with Crippen LogP contribution in [0, 0.1) is 0 Å². The van der Waals surface area contributed by atoms with Crippen molar-refractivity contribution in [2.45, 2.75) is 32.5 Å². The summed E-state index contributed by atoms with van der Waals surface area (Å²) in [5.74, 6) is 0. The Labute approximate surface area is 104 Å². The van der Waals surface area contributed by atoms with Gasteiger partial charge in [0.15, 0.2) is 0 Å². The van der Waals surface area contributed by atoms with Crippen LogP contribution in [0.2, 0.25) is 0 Å². The van der Waals surface area contributed by atoms with Crippen molar-refractivity contribution in [2.24, 2.45) is 0 Å². The lowest BCUT2D eigenvalue weighted by molar-refractivity contribution is -0.662. The van der Waals surface area contributed by atoms with Crippen molar-refractivity contribution in [2.75, 3.05) is 19.7 Å². The van der Waals surface area contributed by atoms with Crippen molar-refractivity contribution in [1.29, 1.82) is 0 Å². The van der Waals surface area contributed by atoms with Gasteiger partial charge in [-0.2, -0.15) is 0 Å². The largest absolute Gasteiger partial charge is 0.382 e. The number of nitrogens with two attached hydrogens (primary N) is 1. The van der Waals surface area contributed by atoms with Crippen molar-refractivity contribution in [3.05, 3.63) is 35.9 Å². The van der Waals surface area contributed by atoms with Crippen LogP contribution in [0.4, 0.5) is 0 Å². The second-order valence-corrected chi connectivity index (χ2v) is 4.51. The molecule has 0 aliphatic carbocycles. The molecule has 1 aromatic carbocycles. The first-order valence-corrected chi connectivity index (χ1v) is 6.36. The zero-order chi connectivity index (χ0) is 12.5. The third-order valence-electron chi connectivity index (χ3n) is 2.58. The van der Waals surface area contributed by atoms with Crippen molar-refractivity contribution >= 4 is 0 Å².